The largest absolute Gasteiger partial charge is 0.244 e. The molecule has 1 aromatic rings. The summed E-state index contributed by atoms with van der Waals surface area (Å²) in [4.78, 5) is -0.261. The molecule has 0 bridgehead atoms. The molecule has 0 unspecified atom stereocenters. The number of sulfonamides is 1. The van der Waals surface area contributed by atoms with Crippen LogP contribution in [-0.2, 0) is 10.0 Å². The molecule has 0 spiro atoms. The molecule has 0 amide bonds. The molecule has 0 aliphatic heterocycles. The van der Waals surface area contributed by atoms with Gasteiger partial charge in [0.1, 0.15) is 4.90 Å². The smallest absolute Gasteiger partial charge is 0.207 e. The zero-order valence-corrected chi connectivity index (χ0v) is 14.2. The lowest BCUT2D eigenvalue weighted by molar-refractivity contribution is 0.336. The third kappa shape index (κ3) is 3.48. The molecule has 3 nitrogen and oxygen atoms in total. The van der Waals surface area contributed by atoms with Crippen LogP contribution in [-0.4, -0.2) is 31.2 Å². The van der Waals surface area contributed by atoms with Crippen molar-refractivity contribution in [3.63, 3.8) is 0 Å². The molecule has 0 radical (unpaired) electrons. The molecule has 118 valence electrons. The molecular weight excluding hydrogens is 360 g/mol. The fourth-order valence-electron chi connectivity index (χ4n) is 2.61. The van der Waals surface area contributed by atoms with Crippen LogP contribution in [0.15, 0.2) is 17.0 Å². The molecule has 1 aliphatic rings. The van der Waals surface area contributed by atoms with Gasteiger partial charge < -0.3 is 0 Å². The first-order chi connectivity index (χ1) is 9.89. The van der Waals surface area contributed by atoms with Gasteiger partial charge in [0.25, 0.3) is 0 Å². The molecule has 0 heterocycles. The third-order valence-electron chi connectivity index (χ3n) is 3.62. The molecule has 1 aromatic carbocycles. The van der Waals surface area contributed by atoms with Crippen molar-refractivity contribution < 1.29 is 12.8 Å². The van der Waals surface area contributed by atoms with Crippen molar-refractivity contribution in [1.29, 1.82) is 0 Å². The van der Waals surface area contributed by atoms with Crippen molar-refractivity contribution >= 4 is 44.8 Å². The van der Waals surface area contributed by atoms with Crippen LogP contribution in [0.25, 0.3) is 0 Å². The van der Waals surface area contributed by atoms with E-state index >= 15 is 0 Å². The molecular formula is C13H15Cl3FNO2S. The molecule has 0 atom stereocenters. The summed E-state index contributed by atoms with van der Waals surface area (Å²) in [5.41, 5.74) is 0. The van der Waals surface area contributed by atoms with Gasteiger partial charge in [-0.3, -0.25) is 0 Å². The summed E-state index contributed by atoms with van der Waals surface area (Å²) in [6, 6.07) is 2.33. The predicted octanol–water partition coefficient (Wildman–Crippen LogP) is 4.30. The van der Waals surface area contributed by atoms with Crippen LogP contribution in [0, 0.1) is 5.82 Å². The predicted molar refractivity (Wildman–Crippen MR) is 83.3 cm³/mol. The molecule has 0 aromatic heterocycles. The minimum atomic E-state index is -3.90. The lowest BCUT2D eigenvalue weighted by Crippen LogP contribution is -2.40. The molecule has 2 rings (SSSR count). The second kappa shape index (κ2) is 7.01. The number of halogens is 4. The van der Waals surface area contributed by atoms with Crippen LogP contribution in [0.4, 0.5) is 4.39 Å². The first-order valence-electron chi connectivity index (χ1n) is 6.61. The lowest BCUT2D eigenvalue weighted by atomic mass is 10.2. The standard InChI is InChI=1S/C13H15Cl3FNO2S/c14-7-8-18(9-3-1-2-4-9)21(19,20)11-6-5-10(15)13(17)12(11)16/h5-6,9H,1-4,7-8H2. The Labute approximate surface area is 139 Å². The second-order valence-corrected chi connectivity index (χ2v) is 7.94. The minimum absolute atomic E-state index is 0.108. The van der Waals surface area contributed by atoms with Gasteiger partial charge in [-0.25, -0.2) is 12.8 Å². The Morgan fingerprint density at radius 2 is 1.86 bits per heavy atom. The highest BCUT2D eigenvalue weighted by molar-refractivity contribution is 7.89. The highest BCUT2D eigenvalue weighted by Gasteiger charge is 2.34. The Morgan fingerprint density at radius 3 is 2.43 bits per heavy atom. The summed E-state index contributed by atoms with van der Waals surface area (Å²) in [6.07, 6.45) is 3.51. The van der Waals surface area contributed by atoms with Gasteiger partial charge >= 0.3 is 0 Å². The van der Waals surface area contributed by atoms with E-state index in [4.69, 9.17) is 34.8 Å². The van der Waals surface area contributed by atoms with E-state index in [9.17, 15) is 12.8 Å². The minimum Gasteiger partial charge on any atom is -0.207 e. The van der Waals surface area contributed by atoms with Gasteiger partial charge in [0.05, 0.1) is 10.0 Å². The Kier molecular flexibility index (Phi) is 5.77. The monoisotopic (exact) mass is 373 g/mol. The van der Waals surface area contributed by atoms with Crippen LogP contribution in [0.1, 0.15) is 25.7 Å². The van der Waals surface area contributed by atoms with E-state index in [0.717, 1.165) is 25.7 Å². The van der Waals surface area contributed by atoms with E-state index in [2.05, 4.69) is 0 Å². The molecule has 0 N–H and O–H groups in total. The zero-order chi connectivity index (χ0) is 15.6. The molecule has 1 saturated carbocycles. The highest BCUT2D eigenvalue weighted by atomic mass is 35.5. The summed E-state index contributed by atoms with van der Waals surface area (Å²) >= 11 is 17.2. The number of hydrogen-bond donors (Lipinski definition) is 0. The van der Waals surface area contributed by atoms with Gasteiger partial charge in [0.15, 0.2) is 5.82 Å². The van der Waals surface area contributed by atoms with Crippen LogP contribution in [0.3, 0.4) is 0 Å². The van der Waals surface area contributed by atoms with Gasteiger partial charge in [-0.15, -0.1) is 11.6 Å². The van der Waals surface area contributed by atoms with Gasteiger partial charge in [0.2, 0.25) is 10.0 Å². The van der Waals surface area contributed by atoms with Crippen LogP contribution in [0.5, 0.6) is 0 Å². The maximum atomic E-state index is 13.8. The average molecular weight is 375 g/mol. The van der Waals surface area contributed by atoms with Crippen molar-refractivity contribution in [1.82, 2.24) is 4.31 Å². The van der Waals surface area contributed by atoms with Gasteiger partial charge in [-0.2, -0.15) is 4.31 Å². The topological polar surface area (TPSA) is 37.4 Å². The van der Waals surface area contributed by atoms with Crippen molar-refractivity contribution in [2.24, 2.45) is 0 Å². The van der Waals surface area contributed by atoms with Gasteiger partial charge in [-0.05, 0) is 25.0 Å². The molecule has 0 saturated heterocycles. The lowest BCUT2D eigenvalue weighted by Gasteiger charge is -2.27. The molecule has 1 aliphatic carbocycles. The van der Waals surface area contributed by atoms with E-state index in [1.54, 1.807) is 0 Å². The van der Waals surface area contributed by atoms with Crippen LogP contribution < -0.4 is 0 Å². The fraction of sp³-hybridized carbons (Fsp3) is 0.538. The first-order valence-corrected chi connectivity index (χ1v) is 9.34. The zero-order valence-electron chi connectivity index (χ0n) is 11.2. The summed E-state index contributed by atoms with van der Waals surface area (Å²) in [5.74, 6) is -0.750. The maximum absolute atomic E-state index is 13.8. The van der Waals surface area contributed by atoms with E-state index < -0.39 is 20.9 Å². The summed E-state index contributed by atoms with van der Waals surface area (Å²) < 4.78 is 40.6. The highest BCUT2D eigenvalue weighted by Crippen LogP contribution is 2.34. The third-order valence-corrected chi connectivity index (χ3v) is 6.56. The van der Waals surface area contributed by atoms with E-state index in [0.29, 0.717) is 0 Å². The van der Waals surface area contributed by atoms with E-state index in [1.165, 1.54) is 16.4 Å². The van der Waals surface area contributed by atoms with Crippen molar-refractivity contribution in [3.8, 4) is 0 Å². The number of hydrogen-bond acceptors (Lipinski definition) is 2. The van der Waals surface area contributed by atoms with Crippen LogP contribution in [0.2, 0.25) is 10.0 Å². The van der Waals surface area contributed by atoms with Gasteiger partial charge in [-0.1, -0.05) is 36.0 Å². The van der Waals surface area contributed by atoms with Gasteiger partial charge in [0, 0.05) is 18.5 Å². The number of nitrogens with zero attached hydrogens (tertiary/aromatic N) is 1. The van der Waals surface area contributed by atoms with E-state index in [1.807, 2.05) is 0 Å². The normalized spacial score (nSPS) is 16.8. The summed E-state index contributed by atoms with van der Waals surface area (Å²) in [5, 5.41) is -0.677. The Hall–Kier alpha value is -0.0700. The average Bonchev–Trinajstić information content (AvgIpc) is 2.95. The van der Waals surface area contributed by atoms with Crippen molar-refractivity contribution in [2.45, 2.75) is 36.6 Å². The molecule has 21 heavy (non-hydrogen) atoms. The van der Waals surface area contributed by atoms with E-state index in [-0.39, 0.29) is 28.4 Å². The SMILES string of the molecule is O=S(=O)(c1ccc(Cl)c(F)c1Cl)N(CCCl)C1CCCC1. The Balaban J connectivity index is 2.45. The number of benzene rings is 1. The fourth-order valence-corrected chi connectivity index (χ4v) is 5.30. The number of rotatable bonds is 5. The molecule has 8 heteroatoms. The first kappa shape index (κ1) is 17.3. The number of alkyl halides is 1. The second-order valence-electron chi connectivity index (χ2n) is 4.92. The summed E-state index contributed by atoms with van der Waals surface area (Å²) in [6.45, 7) is 0.176. The molecule has 1 fully saturated rings. The van der Waals surface area contributed by atoms with Crippen molar-refractivity contribution in [3.05, 3.63) is 28.0 Å². The Morgan fingerprint density at radius 1 is 1.24 bits per heavy atom. The summed E-state index contributed by atoms with van der Waals surface area (Å²) in [7, 11) is -3.90. The maximum Gasteiger partial charge on any atom is 0.244 e. The Bertz CT molecular complexity index is 618. The quantitative estimate of drug-likeness (QED) is 0.569. The van der Waals surface area contributed by atoms with Crippen LogP contribution >= 0.6 is 34.8 Å². The van der Waals surface area contributed by atoms with Crippen molar-refractivity contribution in [2.75, 3.05) is 12.4 Å².